The van der Waals surface area contributed by atoms with Gasteiger partial charge in [-0.1, -0.05) is 54.6 Å². The molecule has 0 aliphatic heterocycles. The van der Waals surface area contributed by atoms with Crippen LogP contribution in [-0.4, -0.2) is 6.29 Å². The van der Waals surface area contributed by atoms with Crippen LogP contribution in [0.4, 0.5) is 0 Å². The van der Waals surface area contributed by atoms with E-state index in [4.69, 9.17) is 0 Å². The van der Waals surface area contributed by atoms with Gasteiger partial charge >= 0.3 is 0 Å². The van der Waals surface area contributed by atoms with Crippen LogP contribution in [0.15, 0.2) is 66.7 Å². The van der Waals surface area contributed by atoms with Crippen molar-refractivity contribution >= 4 is 17.1 Å². The number of carbonyl (C=O) groups excluding carboxylic acids is 1. The van der Waals surface area contributed by atoms with Crippen molar-refractivity contribution in [3.05, 3.63) is 72.3 Å². The van der Waals surface area contributed by atoms with Gasteiger partial charge in [-0.3, -0.25) is 4.79 Å². The van der Waals surface area contributed by atoms with Gasteiger partial charge in [0.05, 0.1) is 0 Å². The second-order valence-electron chi connectivity index (χ2n) is 4.31. The fraction of sp³-hybridized carbons (Fsp3) is 0. The van der Waals surface area contributed by atoms with Crippen LogP contribution < -0.4 is 0 Å². The minimum Gasteiger partial charge on any atom is -0.298 e. The molecule has 0 amide bonds. The Kier molecular flexibility index (Phi) is 2.66. The molecular weight excluding hydrogens is 220 g/mol. The summed E-state index contributed by atoms with van der Waals surface area (Å²) in [5, 5.41) is 2.44. The summed E-state index contributed by atoms with van der Waals surface area (Å²) >= 11 is 0. The lowest BCUT2D eigenvalue weighted by atomic mass is 10.00. The Morgan fingerprint density at radius 3 is 2.28 bits per heavy atom. The number of fused-ring (bicyclic) bond motifs is 1. The van der Waals surface area contributed by atoms with Crippen LogP contribution in [0.2, 0.25) is 0 Å². The third kappa shape index (κ3) is 1.91. The SMILES string of the molecule is O=Cc1cccc(-c2ccc3ccccc3c2)c1. The van der Waals surface area contributed by atoms with Crippen LogP contribution >= 0.6 is 0 Å². The van der Waals surface area contributed by atoms with Gasteiger partial charge in [-0.2, -0.15) is 0 Å². The number of hydrogen-bond acceptors (Lipinski definition) is 1. The molecule has 0 aromatic heterocycles. The van der Waals surface area contributed by atoms with Gasteiger partial charge in [0.2, 0.25) is 0 Å². The molecule has 0 spiro atoms. The van der Waals surface area contributed by atoms with Crippen LogP contribution in [0.1, 0.15) is 10.4 Å². The molecule has 0 atom stereocenters. The zero-order valence-electron chi connectivity index (χ0n) is 9.84. The van der Waals surface area contributed by atoms with E-state index in [-0.39, 0.29) is 0 Å². The fourth-order valence-corrected chi connectivity index (χ4v) is 2.16. The molecule has 0 N–H and O–H groups in total. The summed E-state index contributed by atoms with van der Waals surface area (Å²) in [5.74, 6) is 0. The maximum Gasteiger partial charge on any atom is 0.150 e. The number of benzene rings is 3. The van der Waals surface area contributed by atoms with Gasteiger partial charge in [0.15, 0.2) is 0 Å². The lowest BCUT2D eigenvalue weighted by Crippen LogP contribution is -1.82. The van der Waals surface area contributed by atoms with Crippen molar-refractivity contribution in [3.8, 4) is 11.1 Å². The minimum absolute atomic E-state index is 0.709. The Morgan fingerprint density at radius 2 is 1.44 bits per heavy atom. The first-order valence-electron chi connectivity index (χ1n) is 5.91. The Bertz CT molecular complexity index is 713. The second-order valence-corrected chi connectivity index (χ2v) is 4.31. The molecule has 0 heterocycles. The van der Waals surface area contributed by atoms with E-state index >= 15 is 0 Å². The summed E-state index contributed by atoms with van der Waals surface area (Å²) < 4.78 is 0. The monoisotopic (exact) mass is 232 g/mol. The van der Waals surface area contributed by atoms with E-state index in [1.807, 2.05) is 36.4 Å². The van der Waals surface area contributed by atoms with Crippen LogP contribution in [0.5, 0.6) is 0 Å². The zero-order chi connectivity index (χ0) is 12.4. The Balaban J connectivity index is 2.15. The smallest absolute Gasteiger partial charge is 0.150 e. The van der Waals surface area contributed by atoms with Gasteiger partial charge in [-0.25, -0.2) is 0 Å². The van der Waals surface area contributed by atoms with Gasteiger partial charge in [-0.05, 0) is 34.0 Å². The lowest BCUT2D eigenvalue weighted by molar-refractivity contribution is 0.112. The van der Waals surface area contributed by atoms with E-state index in [1.165, 1.54) is 10.8 Å². The Labute approximate surface area is 106 Å². The molecule has 86 valence electrons. The highest BCUT2D eigenvalue weighted by atomic mass is 16.1. The zero-order valence-corrected chi connectivity index (χ0v) is 9.84. The van der Waals surface area contributed by atoms with E-state index in [1.54, 1.807) is 0 Å². The summed E-state index contributed by atoms with van der Waals surface area (Å²) in [5.41, 5.74) is 2.92. The molecule has 3 aromatic rings. The minimum atomic E-state index is 0.709. The van der Waals surface area contributed by atoms with Crippen LogP contribution in [0.3, 0.4) is 0 Å². The average Bonchev–Trinajstić information content (AvgIpc) is 2.47. The molecular formula is C17H12O. The van der Waals surface area contributed by atoms with Gasteiger partial charge in [-0.15, -0.1) is 0 Å². The fourth-order valence-electron chi connectivity index (χ4n) is 2.16. The summed E-state index contributed by atoms with van der Waals surface area (Å²) in [7, 11) is 0. The van der Waals surface area contributed by atoms with Crippen molar-refractivity contribution in [3.63, 3.8) is 0 Å². The normalized spacial score (nSPS) is 10.4. The molecule has 0 unspecified atom stereocenters. The van der Waals surface area contributed by atoms with Crippen LogP contribution in [0, 0.1) is 0 Å². The molecule has 0 radical (unpaired) electrons. The summed E-state index contributed by atoms with van der Waals surface area (Å²) in [4.78, 5) is 10.8. The summed E-state index contributed by atoms with van der Waals surface area (Å²) in [6.45, 7) is 0. The van der Waals surface area contributed by atoms with Crippen LogP contribution in [0.25, 0.3) is 21.9 Å². The molecule has 0 fully saturated rings. The van der Waals surface area contributed by atoms with Gasteiger partial charge < -0.3 is 0 Å². The molecule has 0 saturated heterocycles. The van der Waals surface area contributed by atoms with Crippen molar-refractivity contribution in [2.24, 2.45) is 0 Å². The van der Waals surface area contributed by atoms with E-state index in [0.29, 0.717) is 5.56 Å². The largest absolute Gasteiger partial charge is 0.298 e. The van der Waals surface area contributed by atoms with Gasteiger partial charge in [0.1, 0.15) is 6.29 Å². The number of hydrogen-bond donors (Lipinski definition) is 0. The highest BCUT2D eigenvalue weighted by Crippen LogP contribution is 2.24. The van der Waals surface area contributed by atoms with E-state index in [9.17, 15) is 4.79 Å². The summed E-state index contributed by atoms with van der Waals surface area (Å²) in [6, 6.07) is 22.3. The highest BCUT2D eigenvalue weighted by Gasteiger charge is 2.00. The van der Waals surface area contributed by atoms with Crippen molar-refractivity contribution in [2.75, 3.05) is 0 Å². The maximum atomic E-state index is 10.8. The van der Waals surface area contributed by atoms with Gasteiger partial charge in [0, 0.05) is 5.56 Å². The van der Waals surface area contributed by atoms with E-state index < -0.39 is 0 Å². The number of rotatable bonds is 2. The first-order valence-corrected chi connectivity index (χ1v) is 5.91. The molecule has 0 bridgehead atoms. The first-order chi connectivity index (χ1) is 8.86. The van der Waals surface area contributed by atoms with Gasteiger partial charge in [0.25, 0.3) is 0 Å². The molecule has 18 heavy (non-hydrogen) atoms. The van der Waals surface area contributed by atoms with Crippen molar-refractivity contribution in [2.45, 2.75) is 0 Å². The van der Waals surface area contributed by atoms with Crippen molar-refractivity contribution in [1.82, 2.24) is 0 Å². The molecule has 3 aromatic carbocycles. The predicted molar refractivity (Wildman–Crippen MR) is 74.8 cm³/mol. The quantitative estimate of drug-likeness (QED) is 0.601. The molecule has 3 rings (SSSR count). The van der Waals surface area contributed by atoms with E-state index in [2.05, 4.69) is 30.3 Å². The molecule has 0 aliphatic rings. The molecule has 1 nitrogen and oxygen atoms in total. The third-order valence-electron chi connectivity index (χ3n) is 3.11. The molecule has 0 saturated carbocycles. The Morgan fingerprint density at radius 1 is 0.667 bits per heavy atom. The maximum absolute atomic E-state index is 10.8. The highest BCUT2D eigenvalue weighted by molar-refractivity contribution is 5.88. The molecule has 1 heteroatoms. The second kappa shape index (κ2) is 4.46. The topological polar surface area (TPSA) is 17.1 Å². The average molecular weight is 232 g/mol. The Hall–Kier alpha value is -2.41. The standard InChI is InChI=1S/C17H12O/c18-12-13-4-3-7-15(10-13)17-9-8-14-5-1-2-6-16(14)11-17/h1-12H. The molecule has 0 aliphatic carbocycles. The van der Waals surface area contributed by atoms with Crippen molar-refractivity contribution < 1.29 is 4.79 Å². The van der Waals surface area contributed by atoms with Crippen molar-refractivity contribution in [1.29, 1.82) is 0 Å². The third-order valence-corrected chi connectivity index (χ3v) is 3.11. The number of aldehydes is 1. The van der Waals surface area contributed by atoms with E-state index in [0.717, 1.165) is 17.4 Å². The lowest BCUT2D eigenvalue weighted by Gasteiger charge is -2.04. The predicted octanol–water partition coefficient (Wildman–Crippen LogP) is 4.32. The summed E-state index contributed by atoms with van der Waals surface area (Å²) in [6.07, 6.45) is 0.880. The first kappa shape index (κ1) is 10.7. The van der Waals surface area contributed by atoms with Crippen LogP contribution in [-0.2, 0) is 0 Å². The number of carbonyl (C=O) groups is 1.